The molecule has 2 aliphatic carbocycles. The van der Waals surface area contributed by atoms with Crippen LogP contribution in [0.3, 0.4) is 0 Å². The summed E-state index contributed by atoms with van der Waals surface area (Å²) in [6.45, 7) is 2.22. The number of rotatable bonds is 1. The van der Waals surface area contributed by atoms with Crippen molar-refractivity contribution in [3.05, 3.63) is 48.0 Å². The number of esters is 2. The van der Waals surface area contributed by atoms with E-state index in [1.807, 2.05) is 19.1 Å². The minimum Gasteiger partial charge on any atom is -0.472 e. The molecule has 0 saturated carbocycles. The number of hydrogen-bond acceptors (Lipinski definition) is 6. The fourth-order valence-electron chi connectivity index (χ4n) is 5.58. The lowest BCUT2D eigenvalue weighted by Crippen LogP contribution is -2.59. The molecule has 1 aromatic heterocycles. The number of allylic oxidation sites excluding steroid dienone is 1. The van der Waals surface area contributed by atoms with Crippen molar-refractivity contribution in [3.8, 4) is 0 Å². The van der Waals surface area contributed by atoms with Gasteiger partial charge in [-0.3, -0.25) is 4.79 Å². The van der Waals surface area contributed by atoms with E-state index in [4.69, 9.17) is 13.9 Å². The maximum Gasteiger partial charge on any atom is 0.334 e. The summed E-state index contributed by atoms with van der Waals surface area (Å²) >= 11 is 0. The highest BCUT2D eigenvalue weighted by Crippen LogP contribution is 2.64. The van der Waals surface area contributed by atoms with Gasteiger partial charge in [0.15, 0.2) is 0 Å². The zero-order chi connectivity index (χ0) is 18.1. The summed E-state index contributed by atoms with van der Waals surface area (Å²) in [6.07, 6.45) is 8.52. The molecule has 2 fully saturated rings. The van der Waals surface area contributed by atoms with E-state index in [1.165, 1.54) is 0 Å². The molecule has 6 heteroatoms. The van der Waals surface area contributed by atoms with Gasteiger partial charge in [-0.15, -0.1) is 0 Å². The normalized spacial score (nSPS) is 43.7. The van der Waals surface area contributed by atoms with Crippen molar-refractivity contribution in [2.45, 2.75) is 32.0 Å². The average molecular weight is 356 g/mol. The molecule has 6 unspecified atom stereocenters. The second-order valence-corrected chi connectivity index (χ2v) is 8.01. The Balaban J connectivity index is 1.64. The third-order valence-electron chi connectivity index (χ3n) is 6.90. The number of fused-ring (bicyclic) bond motifs is 2. The Hall–Kier alpha value is -2.34. The van der Waals surface area contributed by atoms with Crippen LogP contribution in [0.2, 0.25) is 0 Å². The number of cyclic esters (lactones) is 2. The molecule has 0 bridgehead atoms. The van der Waals surface area contributed by atoms with Crippen LogP contribution in [0.4, 0.5) is 0 Å². The maximum atomic E-state index is 12.8. The Bertz CT molecular complexity index is 836. The largest absolute Gasteiger partial charge is 0.472 e. The number of aliphatic hydroxyl groups excluding tert-OH is 1. The van der Waals surface area contributed by atoms with E-state index >= 15 is 0 Å². The summed E-state index contributed by atoms with van der Waals surface area (Å²) < 4.78 is 16.2. The fourth-order valence-corrected chi connectivity index (χ4v) is 5.58. The Kier molecular flexibility index (Phi) is 3.11. The van der Waals surface area contributed by atoms with Crippen molar-refractivity contribution < 1.29 is 28.6 Å². The van der Waals surface area contributed by atoms with Crippen molar-refractivity contribution in [1.82, 2.24) is 0 Å². The van der Waals surface area contributed by atoms with Crippen LogP contribution < -0.4 is 0 Å². The maximum absolute atomic E-state index is 12.8. The van der Waals surface area contributed by atoms with Crippen LogP contribution in [0.1, 0.15) is 31.4 Å². The van der Waals surface area contributed by atoms with Gasteiger partial charge in [0.2, 0.25) is 0 Å². The van der Waals surface area contributed by atoms with Crippen LogP contribution in [0.5, 0.6) is 0 Å². The zero-order valence-electron chi connectivity index (χ0n) is 14.4. The van der Waals surface area contributed by atoms with Gasteiger partial charge in [0, 0.05) is 16.6 Å². The Morgan fingerprint density at radius 3 is 2.92 bits per heavy atom. The van der Waals surface area contributed by atoms with E-state index in [-0.39, 0.29) is 18.5 Å². The predicted octanol–water partition coefficient (Wildman–Crippen LogP) is 2.31. The Morgan fingerprint density at radius 1 is 1.31 bits per heavy atom. The van der Waals surface area contributed by atoms with E-state index in [2.05, 4.69) is 0 Å². The minimum atomic E-state index is -0.921. The summed E-state index contributed by atoms with van der Waals surface area (Å²) in [6, 6.07) is 1.80. The molecule has 136 valence electrons. The Morgan fingerprint density at radius 2 is 2.15 bits per heavy atom. The molecular weight excluding hydrogens is 336 g/mol. The number of furan rings is 1. The number of ether oxygens (including phenoxy) is 2. The Labute approximate surface area is 150 Å². The lowest BCUT2D eigenvalue weighted by molar-refractivity contribution is -0.163. The summed E-state index contributed by atoms with van der Waals surface area (Å²) in [5.41, 5.74) is 0.0880. The number of hydrogen-bond donors (Lipinski definition) is 1. The molecule has 1 spiro atoms. The number of carbonyl (C=O) groups is 2. The molecule has 0 radical (unpaired) electrons. The third-order valence-corrected chi connectivity index (χ3v) is 6.90. The smallest absolute Gasteiger partial charge is 0.334 e. The van der Waals surface area contributed by atoms with Gasteiger partial charge in [-0.1, -0.05) is 19.1 Å². The quantitative estimate of drug-likeness (QED) is 0.614. The first kappa shape index (κ1) is 15.9. The van der Waals surface area contributed by atoms with Crippen molar-refractivity contribution in [2.24, 2.45) is 22.7 Å². The van der Waals surface area contributed by atoms with Crippen LogP contribution in [-0.2, 0) is 19.1 Å². The van der Waals surface area contributed by atoms with Crippen LogP contribution >= 0.6 is 0 Å². The number of carbonyl (C=O) groups excluding carboxylic acids is 2. The molecule has 0 amide bonds. The molecule has 4 aliphatic rings. The van der Waals surface area contributed by atoms with Crippen LogP contribution in [-0.4, -0.2) is 29.8 Å². The van der Waals surface area contributed by atoms with Gasteiger partial charge in [0.25, 0.3) is 0 Å². The van der Waals surface area contributed by atoms with E-state index < -0.39 is 34.9 Å². The summed E-state index contributed by atoms with van der Waals surface area (Å²) in [4.78, 5) is 25.0. The highest BCUT2D eigenvalue weighted by Gasteiger charge is 2.67. The molecule has 3 heterocycles. The van der Waals surface area contributed by atoms with Crippen molar-refractivity contribution in [1.29, 1.82) is 0 Å². The van der Waals surface area contributed by atoms with E-state index in [0.29, 0.717) is 18.4 Å². The van der Waals surface area contributed by atoms with Gasteiger partial charge in [-0.25, -0.2) is 4.79 Å². The van der Waals surface area contributed by atoms with Gasteiger partial charge in [0.05, 0.1) is 30.0 Å². The van der Waals surface area contributed by atoms with Gasteiger partial charge in [-0.05, 0) is 30.9 Å². The zero-order valence-corrected chi connectivity index (χ0v) is 14.4. The van der Waals surface area contributed by atoms with Gasteiger partial charge >= 0.3 is 11.9 Å². The first-order valence-corrected chi connectivity index (χ1v) is 8.93. The molecule has 2 aliphatic heterocycles. The molecule has 1 N–H and O–H groups in total. The lowest BCUT2D eigenvalue weighted by atomic mass is 9.47. The van der Waals surface area contributed by atoms with Crippen molar-refractivity contribution >= 4 is 11.9 Å². The highest BCUT2D eigenvalue weighted by atomic mass is 16.5. The standard InChI is InChI=1S/C20H20O6/c1-19-8-14(11-5-6-24-9-11)26-18(23)13(19)7-16(21)20-10-25-17(22)12(20)3-2-4-15(19)20/h2-3,5-7,9,12,14-16,21H,4,8,10H2,1H3. The molecular formula is C20H20O6. The fraction of sp³-hybridized carbons (Fsp3) is 0.500. The third kappa shape index (κ3) is 1.80. The molecule has 0 aromatic carbocycles. The number of aliphatic hydroxyl groups is 1. The molecule has 26 heavy (non-hydrogen) atoms. The first-order valence-electron chi connectivity index (χ1n) is 8.93. The van der Waals surface area contributed by atoms with Gasteiger partial charge < -0.3 is 19.0 Å². The SMILES string of the molecule is CC12CC(c3ccoc3)OC(=O)C1=CC(O)C13COC(=O)C1C=CCC23. The van der Waals surface area contributed by atoms with Gasteiger partial charge in [-0.2, -0.15) is 0 Å². The second-order valence-electron chi connectivity index (χ2n) is 8.01. The summed E-state index contributed by atoms with van der Waals surface area (Å²) in [5, 5.41) is 10.9. The molecule has 1 aromatic rings. The summed E-state index contributed by atoms with van der Waals surface area (Å²) in [5.74, 6) is -1.27. The highest BCUT2D eigenvalue weighted by molar-refractivity contribution is 5.92. The molecule has 6 nitrogen and oxygen atoms in total. The lowest BCUT2D eigenvalue weighted by Gasteiger charge is -2.57. The second kappa shape index (κ2) is 5.10. The van der Waals surface area contributed by atoms with E-state index in [0.717, 1.165) is 5.56 Å². The first-order chi connectivity index (χ1) is 12.5. The average Bonchev–Trinajstić information content (AvgIpc) is 3.26. The van der Waals surface area contributed by atoms with Gasteiger partial charge in [0.1, 0.15) is 12.7 Å². The van der Waals surface area contributed by atoms with Crippen LogP contribution in [0, 0.1) is 22.7 Å². The van der Waals surface area contributed by atoms with E-state index in [1.54, 1.807) is 24.7 Å². The monoisotopic (exact) mass is 356 g/mol. The van der Waals surface area contributed by atoms with E-state index in [9.17, 15) is 14.7 Å². The molecule has 6 atom stereocenters. The minimum absolute atomic E-state index is 0.0892. The predicted molar refractivity (Wildman–Crippen MR) is 88.5 cm³/mol. The molecule has 5 rings (SSSR count). The summed E-state index contributed by atoms with van der Waals surface area (Å²) in [7, 11) is 0. The molecule has 2 saturated heterocycles. The van der Waals surface area contributed by atoms with Crippen molar-refractivity contribution in [2.75, 3.05) is 6.61 Å². The van der Waals surface area contributed by atoms with Crippen LogP contribution in [0.25, 0.3) is 0 Å². The topological polar surface area (TPSA) is 86.0 Å². The van der Waals surface area contributed by atoms with Crippen LogP contribution in [0.15, 0.2) is 46.8 Å². The van der Waals surface area contributed by atoms with Crippen molar-refractivity contribution in [3.63, 3.8) is 0 Å².